The summed E-state index contributed by atoms with van der Waals surface area (Å²) in [7, 11) is 0. The molecule has 33 heteroatoms. The Morgan fingerprint density at radius 1 is 0.677 bits per heavy atom. The highest BCUT2D eigenvalue weighted by atomic mass is 32.2. The first-order chi connectivity index (χ1) is 44.6. The van der Waals surface area contributed by atoms with Crippen LogP contribution in [-0.4, -0.2) is 209 Å². The summed E-state index contributed by atoms with van der Waals surface area (Å²) < 4.78 is 18.4. The summed E-state index contributed by atoms with van der Waals surface area (Å²) in [6, 6.07) is -2.42. The van der Waals surface area contributed by atoms with E-state index in [9.17, 15) is 58.2 Å². The van der Waals surface area contributed by atoms with Gasteiger partial charge in [-0.3, -0.25) is 52.8 Å². The number of urea groups is 1. The third-order valence-corrected chi connectivity index (χ3v) is 17.2. The molecular formula is C60H95N17O15S. The molecule has 5 rings (SSSR count). The molecule has 9 amide bonds. The first-order valence-electron chi connectivity index (χ1n) is 31.7. The lowest BCUT2D eigenvalue weighted by atomic mass is 9.95. The topological polar surface area (TPSA) is 508 Å². The summed E-state index contributed by atoms with van der Waals surface area (Å²) in [5, 5.41) is 51.5. The first-order valence-corrected chi connectivity index (χ1v) is 32.7. The van der Waals surface area contributed by atoms with Crippen LogP contribution in [0.15, 0.2) is 47.7 Å². The summed E-state index contributed by atoms with van der Waals surface area (Å²) >= 11 is 1.86. The number of benzene rings is 1. The number of ether oxygens (including phenoxy) is 3. The van der Waals surface area contributed by atoms with Crippen LogP contribution in [0, 0.1) is 5.92 Å². The van der Waals surface area contributed by atoms with Crippen LogP contribution < -0.4 is 71.2 Å². The van der Waals surface area contributed by atoms with Gasteiger partial charge in [-0.15, -0.1) is 5.10 Å². The first kappa shape index (κ1) is 75.7. The highest BCUT2D eigenvalue weighted by Gasteiger charge is 2.43. The second-order valence-electron chi connectivity index (χ2n) is 23.3. The Morgan fingerprint density at radius 3 is 2.02 bits per heavy atom. The number of aromatic nitrogens is 3. The number of aliphatic imine (C=N–C) groups is 1. The number of Topliss-reactive ketones (excluding diaryl/α,β-unsaturated/α-hetero) is 2. The van der Waals surface area contributed by atoms with Crippen molar-refractivity contribution in [1.82, 2.24) is 57.5 Å². The van der Waals surface area contributed by atoms with Gasteiger partial charge in [0.2, 0.25) is 41.4 Å². The van der Waals surface area contributed by atoms with E-state index in [1.165, 1.54) is 28.9 Å². The number of nitrogens with two attached hydrogens (primary N) is 5. The Kier molecular flexibility index (Phi) is 33.3. The Bertz CT molecular complexity index is 2830. The molecule has 516 valence electrons. The van der Waals surface area contributed by atoms with Crippen LogP contribution in [0.3, 0.4) is 0 Å². The summed E-state index contributed by atoms with van der Waals surface area (Å²) in [6.45, 7) is 4.16. The molecule has 32 nitrogen and oxygen atoms in total. The third kappa shape index (κ3) is 28.0. The van der Waals surface area contributed by atoms with Crippen LogP contribution >= 0.6 is 11.8 Å². The summed E-state index contributed by atoms with van der Waals surface area (Å²) in [6.07, 6.45) is 6.30. The standard InChI is InChI=1S/C60H95N17O15S/c1-36-46(31-51(62)82)70-57(87)47(28-37-16-18-41(80)19-17-37)71-58(88)48(33-78)72-56(86)45(14-8-21-66-59(64)65)69-54(84)38(29-39-32-77(76-75-39)22-7-5-12-43(53(63)83)68-55(85)44(67-36)13-4-6-20-61)30-42(81)34-92-27-26-91-25-24-90-23-9-11-40(79)10-2-3-15-50-52-49(35-93-50)73-60(89)74-52/h16-19,32,38,43-50,52,67,78,80H,1-15,20-31,33-35,61H2,(H2,62,82)(H2,63,83)(H,68,85)(H,69,84)(H,70,87)(H,71,88)(H,72,86)(H4,64,65,66)(H2,73,74,89)/t38-,43+,44+,45+,46+,47+,48+,49+,50+,52+/m1/s1. The Labute approximate surface area is 544 Å². The lowest BCUT2D eigenvalue weighted by molar-refractivity contribution is -0.136. The van der Waals surface area contributed by atoms with Crippen molar-refractivity contribution in [3.05, 3.63) is 54.0 Å². The number of ketones is 2. The predicted molar refractivity (Wildman–Crippen MR) is 342 cm³/mol. The molecule has 3 aliphatic rings. The number of aromatic hydroxyl groups is 1. The zero-order valence-electron chi connectivity index (χ0n) is 52.7. The second-order valence-corrected chi connectivity index (χ2v) is 24.6. The van der Waals surface area contributed by atoms with Gasteiger partial charge in [-0.2, -0.15) is 11.8 Å². The van der Waals surface area contributed by atoms with Gasteiger partial charge < -0.3 is 95.6 Å². The van der Waals surface area contributed by atoms with Crippen LogP contribution in [0.1, 0.15) is 114 Å². The number of phenolic OH excluding ortho intramolecular Hbond substituents is 1. The molecule has 0 spiro atoms. The van der Waals surface area contributed by atoms with Gasteiger partial charge in [0.25, 0.3) is 0 Å². The third-order valence-electron chi connectivity index (χ3n) is 15.7. The number of primary amides is 2. The minimum absolute atomic E-state index is 0.0102. The number of amides is 9. The number of unbranched alkanes of at least 4 members (excludes halogenated alkanes) is 2. The van der Waals surface area contributed by atoms with Crippen LogP contribution in [0.25, 0.3) is 0 Å². The fraction of sp³-hybridized carbons (Fsp3) is 0.650. The molecule has 0 radical (unpaired) electrons. The lowest BCUT2D eigenvalue weighted by Crippen LogP contribution is -2.59. The largest absolute Gasteiger partial charge is 0.508 e. The summed E-state index contributed by atoms with van der Waals surface area (Å²) in [5.74, 6) is -7.03. The SMILES string of the molecule is C=C1N[C@@H](CCCCN)C(=O)N[C@H](C(N)=O)CCCCn2cc(nn2)C[C@H](CC(=O)COCCOCCOCCCC(=O)CCCC[C@@H]2SC[C@@H]3NC(=O)N[C@@H]32)C(=O)N[C@@H](CCCN=C(N)N)C(=O)N[C@@H](CO)C(=O)N[C@@H](Cc2ccc(O)cc2)C(=O)N[C@H]1CC(N)=O. The minimum Gasteiger partial charge on any atom is -0.508 e. The summed E-state index contributed by atoms with van der Waals surface area (Å²) in [5.41, 5.74) is 29.0. The lowest BCUT2D eigenvalue weighted by Gasteiger charge is -2.29. The molecule has 2 fully saturated rings. The maximum Gasteiger partial charge on any atom is 0.315 e. The molecule has 93 heavy (non-hydrogen) atoms. The average molecular weight is 1330 g/mol. The Hall–Kier alpha value is -7.98. The molecule has 2 saturated heterocycles. The maximum atomic E-state index is 14.5. The average Bonchev–Trinajstić information content (AvgIpc) is 1.78. The van der Waals surface area contributed by atoms with Gasteiger partial charge in [0, 0.05) is 74.7 Å². The molecule has 3 aliphatic heterocycles. The van der Waals surface area contributed by atoms with E-state index < -0.39 is 115 Å². The molecule has 0 aliphatic carbocycles. The van der Waals surface area contributed by atoms with Gasteiger partial charge in [-0.05, 0) is 94.9 Å². The van der Waals surface area contributed by atoms with Gasteiger partial charge in [-0.25, -0.2) is 4.79 Å². The van der Waals surface area contributed by atoms with Crippen LogP contribution in [0.4, 0.5) is 4.79 Å². The number of nitrogens with one attached hydrogen (secondary N) is 8. The van der Waals surface area contributed by atoms with Crippen molar-refractivity contribution in [2.75, 3.05) is 65.1 Å². The number of nitrogens with zero attached hydrogens (tertiary/aromatic N) is 4. The predicted octanol–water partition coefficient (Wildman–Crippen LogP) is -2.92. The number of rotatable bonds is 33. The van der Waals surface area contributed by atoms with E-state index in [2.05, 4.69) is 64.4 Å². The zero-order valence-corrected chi connectivity index (χ0v) is 53.5. The zero-order chi connectivity index (χ0) is 67.7. The van der Waals surface area contributed by atoms with E-state index >= 15 is 0 Å². The van der Waals surface area contributed by atoms with Crippen LogP contribution in [-0.2, 0) is 76.7 Å². The van der Waals surface area contributed by atoms with E-state index in [0.717, 1.165) is 25.0 Å². The maximum absolute atomic E-state index is 14.5. The molecule has 1 aromatic carbocycles. The molecule has 0 unspecified atom stereocenters. The van der Waals surface area contributed by atoms with E-state index in [1.807, 2.05) is 11.8 Å². The van der Waals surface area contributed by atoms with E-state index in [-0.39, 0.29) is 119 Å². The number of aryl methyl sites for hydroxylation is 1. The van der Waals surface area contributed by atoms with Gasteiger partial charge in [0.1, 0.15) is 48.3 Å². The Balaban J connectivity index is 1.26. The number of carbonyl (C=O) groups excluding carboxylic acids is 10. The molecule has 0 saturated carbocycles. The quantitative estimate of drug-likeness (QED) is 0.0147. The number of guanidine groups is 1. The van der Waals surface area contributed by atoms with Crippen molar-refractivity contribution in [2.24, 2.45) is 39.6 Å². The van der Waals surface area contributed by atoms with E-state index in [0.29, 0.717) is 74.6 Å². The molecule has 10 atom stereocenters. The number of carbonyl (C=O) groups is 10. The highest BCUT2D eigenvalue weighted by molar-refractivity contribution is 8.00. The number of fused-ring (bicyclic) bond motifs is 3. The smallest absolute Gasteiger partial charge is 0.315 e. The van der Waals surface area contributed by atoms with Gasteiger partial charge in [-0.1, -0.05) is 30.3 Å². The number of aliphatic hydroxyl groups is 1. The molecule has 2 bridgehead atoms. The normalized spacial score (nSPS) is 23.7. The van der Waals surface area contributed by atoms with Gasteiger partial charge >= 0.3 is 6.03 Å². The van der Waals surface area contributed by atoms with Crippen LogP contribution in [0.2, 0.25) is 0 Å². The van der Waals surface area contributed by atoms with Crippen molar-refractivity contribution < 1.29 is 72.4 Å². The molecule has 1 aromatic heterocycles. The van der Waals surface area contributed by atoms with Crippen LogP contribution in [0.5, 0.6) is 5.75 Å². The monoisotopic (exact) mass is 1330 g/mol. The molecule has 4 heterocycles. The van der Waals surface area contributed by atoms with E-state index in [4.69, 9.17) is 42.9 Å². The number of hydrogen-bond acceptors (Lipinski definition) is 21. The molecular weight excluding hydrogens is 1230 g/mol. The number of hydrogen-bond donors (Lipinski definition) is 15. The van der Waals surface area contributed by atoms with Gasteiger partial charge in [0.05, 0.1) is 69.2 Å². The van der Waals surface area contributed by atoms with Crippen molar-refractivity contribution >= 4 is 76.7 Å². The van der Waals surface area contributed by atoms with Crippen molar-refractivity contribution in [2.45, 2.75) is 176 Å². The highest BCUT2D eigenvalue weighted by Crippen LogP contribution is 2.33. The molecule has 20 N–H and O–H groups in total. The van der Waals surface area contributed by atoms with Crippen molar-refractivity contribution in [1.29, 1.82) is 0 Å². The summed E-state index contributed by atoms with van der Waals surface area (Å²) in [4.78, 5) is 138. The molecule has 2 aromatic rings. The number of aliphatic hydroxyl groups excluding tert-OH is 1. The number of phenols is 1. The van der Waals surface area contributed by atoms with E-state index in [1.54, 1.807) is 6.20 Å². The van der Waals surface area contributed by atoms with Crippen molar-refractivity contribution in [3.8, 4) is 5.75 Å². The minimum atomic E-state index is -1.76. The number of thioether (sulfide) groups is 1. The van der Waals surface area contributed by atoms with Gasteiger partial charge in [0.15, 0.2) is 11.7 Å². The fourth-order valence-electron chi connectivity index (χ4n) is 10.7. The second kappa shape index (κ2) is 40.9. The van der Waals surface area contributed by atoms with Crippen molar-refractivity contribution in [3.63, 3.8) is 0 Å². The fourth-order valence-corrected chi connectivity index (χ4v) is 12.2. The Morgan fingerprint density at radius 2 is 1.31 bits per heavy atom.